The summed E-state index contributed by atoms with van der Waals surface area (Å²) in [5.41, 5.74) is 1.99. The lowest BCUT2D eigenvalue weighted by atomic mass is 9.95. The number of aromatic nitrogens is 1. The van der Waals surface area contributed by atoms with Crippen LogP contribution in [-0.4, -0.2) is 44.6 Å². The van der Waals surface area contributed by atoms with Crippen molar-refractivity contribution in [2.75, 3.05) is 34.0 Å². The van der Waals surface area contributed by atoms with Crippen LogP contribution < -0.4 is 24.4 Å². The first-order valence-corrected chi connectivity index (χ1v) is 14.8. The van der Waals surface area contributed by atoms with Crippen molar-refractivity contribution in [1.82, 2.24) is 4.57 Å². The molecule has 8 nitrogen and oxygen atoms in total. The topological polar surface area (TPSA) is 88.4 Å². The van der Waals surface area contributed by atoms with Gasteiger partial charge in [-0.2, -0.15) is 0 Å². The standard InChI is InChI=1S/C33H34N2O6S/c1-5-6-17-40-27-16-15-22-11-7-8-12-23(22)25(27)20-28-31(36)35-30(24-13-9-10-14-26(24)39-4)29(21(2)34-33(35)42-28)32(37)41-19-18-38-3/h7-16,20,30H,5-6,17-19H2,1-4H3. The molecule has 1 aliphatic rings. The van der Waals surface area contributed by atoms with Crippen LogP contribution in [0.15, 0.2) is 81.7 Å². The number of unbranched alkanes of at least 4 members (excludes halogenated alkanes) is 1. The predicted molar refractivity (Wildman–Crippen MR) is 164 cm³/mol. The summed E-state index contributed by atoms with van der Waals surface area (Å²) in [5, 5.41) is 2.03. The van der Waals surface area contributed by atoms with Crippen molar-refractivity contribution in [3.05, 3.63) is 103 Å². The van der Waals surface area contributed by atoms with Crippen molar-refractivity contribution in [3.63, 3.8) is 0 Å². The van der Waals surface area contributed by atoms with Gasteiger partial charge in [-0.05, 0) is 42.3 Å². The number of benzene rings is 3. The lowest BCUT2D eigenvalue weighted by Crippen LogP contribution is -2.40. The minimum atomic E-state index is -0.789. The molecule has 1 aromatic heterocycles. The second-order valence-corrected chi connectivity index (χ2v) is 10.9. The highest BCUT2D eigenvalue weighted by Crippen LogP contribution is 2.36. The second kappa shape index (κ2) is 13.2. The maximum Gasteiger partial charge on any atom is 0.338 e. The van der Waals surface area contributed by atoms with Gasteiger partial charge in [0.05, 0.1) is 36.1 Å². The number of hydrogen-bond acceptors (Lipinski definition) is 8. The van der Waals surface area contributed by atoms with Crippen molar-refractivity contribution in [3.8, 4) is 11.5 Å². The molecule has 1 atom stereocenters. The number of carbonyl (C=O) groups is 1. The number of esters is 1. The van der Waals surface area contributed by atoms with Gasteiger partial charge < -0.3 is 18.9 Å². The molecule has 42 heavy (non-hydrogen) atoms. The third-order valence-electron chi connectivity index (χ3n) is 7.16. The largest absolute Gasteiger partial charge is 0.496 e. The number of carbonyl (C=O) groups excluding carboxylic acids is 1. The number of rotatable bonds is 11. The smallest absolute Gasteiger partial charge is 0.338 e. The van der Waals surface area contributed by atoms with Crippen LogP contribution >= 0.6 is 11.3 Å². The first kappa shape index (κ1) is 29.3. The van der Waals surface area contributed by atoms with Crippen molar-refractivity contribution in [2.24, 2.45) is 4.99 Å². The molecule has 1 aliphatic heterocycles. The fraction of sp³-hybridized carbons (Fsp3) is 0.303. The van der Waals surface area contributed by atoms with Gasteiger partial charge in [0.1, 0.15) is 24.1 Å². The van der Waals surface area contributed by atoms with Gasteiger partial charge >= 0.3 is 5.97 Å². The monoisotopic (exact) mass is 586 g/mol. The van der Waals surface area contributed by atoms with Crippen LogP contribution in [0, 0.1) is 0 Å². The zero-order chi connectivity index (χ0) is 29.6. The van der Waals surface area contributed by atoms with E-state index in [1.807, 2.05) is 66.7 Å². The van der Waals surface area contributed by atoms with Crippen LogP contribution in [0.5, 0.6) is 11.5 Å². The van der Waals surface area contributed by atoms with E-state index in [1.165, 1.54) is 18.4 Å². The maximum atomic E-state index is 14.3. The molecule has 0 amide bonds. The van der Waals surface area contributed by atoms with E-state index in [4.69, 9.17) is 23.9 Å². The molecule has 5 rings (SSSR count). The number of ether oxygens (including phenoxy) is 4. The van der Waals surface area contributed by atoms with Crippen LogP contribution in [0.25, 0.3) is 16.8 Å². The number of thiazole rings is 1. The van der Waals surface area contributed by atoms with Crippen LogP contribution in [0.3, 0.4) is 0 Å². The van der Waals surface area contributed by atoms with E-state index in [2.05, 4.69) is 6.92 Å². The summed E-state index contributed by atoms with van der Waals surface area (Å²) in [4.78, 5) is 32.9. The molecule has 4 aromatic rings. The maximum absolute atomic E-state index is 14.3. The summed E-state index contributed by atoms with van der Waals surface area (Å²) in [6, 6.07) is 18.6. The van der Waals surface area contributed by atoms with E-state index in [0.717, 1.165) is 29.2 Å². The van der Waals surface area contributed by atoms with Gasteiger partial charge in [-0.3, -0.25) is 9.36 Å². The Balaban J connectivity index is 1.72. The van der Waals surface area contributed by atoms with E-state index in [1.54, 1.807) is 18.6 Å². The Morgan fingerprint density at radius 1 is 1.00 bits per heavy atom. The molecular formula is C33H34N2O6S. The highest BCUT2D eigenvalue weighted by atomic mass is 32.1. The van der Waals surface area contributed by atoms with Gasteiger partial charge in [0, 0.05) is 18.2 Å². The number of hydrogen-bond donors (Lipinski definition) is 0. The quantitative estimate of drug-likeness (QED) is 0.186. The summed E-state index contributed by atoms with van der Waals surface area (Å²) in [6.45, 7) is 4.80. The molecule has 0 saturated carbocycles. The normalized spacial score (nSPS) is 15.0. The minimum Gasteiger partial charge on any atom is -0.496 e. The van der Waals surface area contributed by atoms with Crippen molar-refractivity contribution in [2.45, 2.75) is 32.7 Å². The zero-order valence-corrected chi connectivity index (χ0v) is 25.0. The lowest BCUT2D eigenvalue weighted by molar-refractivity contribution is -0.140. The van der Waals surface area contributed by atoms with Crippen LogP contribution in [0.2, 0.25) is 0 Å². The lowest BCUT2D eigenvalue weighted by Gasteiger charge is -2.26. The molecule has 0 radical (unpaired) electrons. The molecule has 0 fully saturated rings. The minimum absolute atomic E-state index is 0.0804. The molecule has 218 valence electrons. The molecule has 3 aromatic carbocycles. The Morgan fingerprint density at radius 2 is 1.79 bits per heavy atom. The van der Waals surface area contributed by atoms with Gasteiger partial charge in [0.25, 0.3) is 5.56 Å². The Labute approximate surface area is 248 Å². The van der Waals surface area contributed by atoms with Crippen molar-refractivity contribution >= 4 is 34.2 Å². The van der Waals surface area contributed by atoms with E-state index in [0.29, 0.717) is 38.7 Å². The average molecular weight is 587 g/mol. The second-order valence-electron chi connectivity index (χ2n) is 9.85. The zero-order valence-electron chi connectivity index (χ0n) is 24.2. The molecular weight excluding hydrogens is 552 g/mol. The summed E-state index contributed by atoms with van der Waals surface area (Å²) in [5.74, 6) is 0.710. The van der Waals surface area contributed by atoms with E-state index in [-0.39, 0.29) is 24.3 Å². The van der Waals surface area contributed by atoms with Gasteiger partial charge in [-0.15, -0.1) is 0 Å². The van der Waals surface area contributed by atoms with Crippen molar-refractivity contribution < 1.29 is 23.7 Å². The fourth-order valence-electron chi connectivity index (χ4n) is 5.07. The summed E-state index contributed by atoms with van der Waals surface area (Å²) in [6.07, 6.45) is 3.82. The molecule has 0 aliphatic carbocycles. The third kappa shape index (κ3) is 5.75. The molecule has 0 N–H and O–H groups in total. The van der Waals surface area contributed by atoms with Gasteiger partial charge in [0.15, 0.2) is 4.80 Å². The Kier molecular flexibility index (Phi) is 9.19. The molecule has 9 heteroatoms. The highest BCUT2D eigenvalue weighted by Gasteiger charge is 2.35. The predicted octanol–water partition coefficient (Wildman–Crippen LogP) is 4.77. The van der Waals surface area contributed by atoms with Crippen LogP contribution in [0.4, 0.5) is 0 Å². The fourth-order valence-corrected chi connectivity index (χ4v) is 6.10. The van der Waals surface area contributed by atoms with E-state index in [9.17, 15) is 9.59 Å². The molecule has 1 unspecified atom stereocenters. The SMILES string of the molecule is CCCCOc1ccc2ccccc2c1C=c1sc2n(c1=O)C(c1ccccc1OC)C(C(=O)OCCOC)=C(C)N=2. The van der Waals surface area contributed by atoms with Crippen molar-refractivity contribution in [1.29, 1.82) is 0 Å². The first-order chi connectivity index (χ1) is 20.5. The number of nitrogens with zero attached hydrogens (tertiary/aromatic N) is 2. The van der Waals surface area contributed by atoms with Gasteiger partial charge in [0.2, 0.25) is 0 Å². The van der Waals surface area contributed by atoms with Crippen LogP contribution in [0.1, 0.15) is 43.9 Å². The Morgan fingerprint density at radius 3 is 2.57 bits per heavy atom. The van der Waals surface area contributed by atoms with Crippen LogP contribution in [-0.2, 0) is 14.3 Å². The summed E-state index contributed by atoms with van der Waals surface area (Å²) in [7, 11) is 3.10. The first-order valence-electron chi connectivity index (χ1n) is 13.9. The Hall–Kier alpha value is -4.21. The summed E-state index contributed by atoms with van der Waals surface area (Å²) >= 11 is 1.28. The van der Waals surface area contributed by atoms with Gasteiger partial charge in [-0.1, -0.05) is 73.2 Å². The molecule has 0 bridgehead atoms. The number of para-hydroxylation sites is 1. The molecule has 0 saturated heterocycles. The number of methoxy groups -OCH3 is 2. The van der Waals surface area contributed by atoms with E-state index < -0.39 is 12.0 Å². The number of fused-ring (bicyclic) bond motifs is 2. The average Bonchev–Trinajstić information content (AvgIpc) is 3.31. The third-order valence-corrected chi connectivity index (χ3v) is 8.14. The summed E-state index contributed by atoms with van der Waals surface area (Å²) < 4.78 is 24.5. The number of allylic oxidation sites excluding steroid dienone is 1. The van der Waals surface area contributed by atoms with E-state index >= 15 is 0 Å². The molecule has 0 spiro atoms. The molecule has 2 heterocycles. The Bertz CT molecular complexity index is 1820. The van der Waals surface area contributed by atoms with Gasteiger partial charge in [-0.25, -0.2) is 9.79 Å². The highest BCUT2D eigenvalue weighted by molar-refractivity contribution is 7.07.